The summed E-state index contributed by atoms with van der Waals surface area (Å²) in [5, 5.41) is 35.9. The van der Waals surface area contributed by atoms with Crippen molar-refractivity contribution in [3.05, 3.63) is 0 Å². The van der Waals surface area contributed by atoms with Crippen molar-refractivity contribution < 1.29 is 4.79 Å². The smallest absolute Gasteiger partial charge is 0.178 e. The Morgan fingerprint density at radius 3 is 2.00 bits per heavy atom. The molecule has 1 rings (SSSR count). The molecule has 0 radical (unpaired) electrons. The molecule has 0 heterocycles. The maximum atomic E-state index is 11.0. The Balaban J connectivity index is 3.17. The van der Waals surface area contributed by atoms with Gasteiger partial charge in [-0.1, -0.05) is 0 Å². The van der Waals surface area contributed by atoms with Crippen LogP contribution in [0.4, 0.5) is 0 Å². The molecule has 0 saturated heterocycles. The molecule has 1 aliphatic carbocycles. The third-order valence-corrected chi connectivity index (χ3v) is 3.11. The standard InChI is InChI=1S/C11H8N4O/c1-8(16)2-9-3-10(4-12,5-13)11(9,6-14)7-15/h9H,2-3H2,1H3. The number of rotatable bonds is 2. The van der Waals surface area contributed by atoms with E-state index in [1.165, 1.54) is 6.92 Å². The number of nitriles is 4. The molecule has 5 nitrogen and oxygen atoms in total. The van der Waals surface area contributed by atoms with Gasteiger partial charge in [0, 0.05) is 12.3 Å². The second-order valence-electron chi connectivity index (χ2n) is 3.97. The van der Waals surface area contributed by atoms with E-state index in [0.29, 0.717) is 0 Å². The van der Waals surface area contributed by atoms with E-state index in [2.05, 4.69) is 0 Å². The summed E-state index contributed by atoms with van der Waals surface area (Å²) in [6.07, 6.45) is 0.174. The molecular formula is C11H8N4O. The van der Waals surface area contributed by atoms with Gasteiger partial charge < -0.3 is 4.79 Å². The first-order chi connectivity index (χ1) is 7.51. The van der Waals surface area contributed by atoms with Crippen molar-refractivity contribution in [1.29, 1.82) is 21.0 Å². The molecular weight excluding hydrogens is 204 g/mol. The van der Waals surface area contributed by atoms with Crippen LogP contribution < -0.4 is 0 Å². The molecule has 0 aliphatic heterocycles. The molecule has 1 unspecified atom stereocenters. The van der Waals surface area contributed by atoms with Crippen LogP contribution in [0.15, 0.2) is 0 Å². The monoisotopic (exact) mass is 212 g/mol. The maximum absolute atomic E-state index is 11.0. The summed E-state index contributed by atoms with van der Waals surface area (Å²) in [5.74, 6) is -0.663. The van der Waals surface area contributed by atoms with Crippen LogP contribution in [-0.4, -0.2) is 5.78 Å². The van der Waals surface area contributed by atoms with Crippen LogP contribution in [0.25, 0.3) is 0 Å². The van der Waals surface area contributed by atoms with E-state index in [1.807, 2.05) is 0 Å². The van der Waals surface area contributed by atoms with Crippen LogP contribution >= 0.6 is 0 Å². The number of Topliss-reactive ketones (excluding diaryl/α,β-unsaturated/α-hetero) is 1. The van der Waals surface area contributed by atoms with E-state index in [4.69, 9.17) is 21.0 Å². The maximum Gasteiger partial charge on any atom is 0.178 e. The summed E-state index contributed by atoms with van der Waals surface area (Å²) >= 11 is 0. The number of nitrogens with zero attached hydrogens (tertiary/aromatic N) is 4. The van der Waals surface area contributed by atoms with Crippen molar-refractivity contribution in [3.63, 3.8) is 0 Å². The van der Waals surface area contributed by atoms with E-state index in [9.17, 15) is 4.79 Å². The van der Waals surface area contributed by atoms with Crippen molar-refractivity contribution in [3.8, 4) is 24.3 Å². The predicted molar refractivity (Wildman–Crippen MR) is 50.7 cm³/mol. The highest BCUT2D eigenvalue weighted by atomic mass is 16.1. The minimum atomic E-state index is -1.66. The quantitative estimate of drug-likeness (QED) is 0.678. The van der Waals surface area contributed by atoms with Gasteiger partial charge in [0.2, 0.25) is 0 Å². The van der Waals surface area contributed by atoms with Gasteiger partial charge >= 0.3 is 0 Å². The van der Waals surface area contributed by atoms with Crippen molar-refractivity contribution in [2.45, 2.75) is 19.8 Å². The van der Waals surface area contributed by atoms with Gasteiger partial charge in [-0.15, -0.1) is 0 Å². The first-order valence-electron chi connectivity index (χ1n) is 4.66. The van der Waals surface area contributed by atoms with E-state index in [-0.39, 0.29) is 18.6 Å². The zero-order valence-electron chi connectivity index (χ0n) is 8.69. The number of carbonyl (C=O) groups excluding carboxylic acids is 1. The molecule has 0 bridgehead atoms. The van der Waals surface area contributed by atoms with Gasteiger partial charge in [-0.25, -0.2) is 0 Å². The zero-order chi connectivity index (χ0) is 12.4. The Morgan fingerprint density at radius 2 is 1.69 bits per heavy atom. The molecule has 1 saturated carbocycles. The average molecular weight is 212 g/mol. The summed E-state index contributed by atoms with van der Waals surface area (Å²) in [6.45, 7) is 1.36. The van der Waals surface area contributed by atoms with Gasteiger partial charge in [0.15, 0.2) is 10.8 Å². The van der Waals surface area contributed by atoms with E-state index < -0.39 is 16.7 Å². The topological polar surface area (TPSA) is 112 Å². The Labute approximate surface area is 93.1 Å². The van der Waals surface area contributed by atoms with Gasteiger partial charge in [0.05, 0.1) is 24.3 Å². The number of hydrogen-bond donors (Lipinski definition) is 0. The number of carbonyl (C=O) groups is 1. The van der Waals surface area contributed by atoms with E-state index >= 15 is 0 Å². The highest BCUT2D eigenvalue weighted by Gasteiger charge is 2.69. The zero-order valence-corrected chi connectivity index (χ0v) is 8.69. The van der Waals surface area contributed by atoms with Crippen LogP contribution in [0.1, 0.15) is 19.8 Å². The minimum absolute atomic E-state index is 0.0617. The molecule has 0 N–H and O–H groups in total. The lowest BCUT2D eigenvalue weighted by molar-refractivity contribution is -0.120. The number of hydrogen-bond acceptors (Lipinski definition) is 5. The van der Waals surface area contributed by atoms with Crippen molar-refractivity contribution in [2.75, 3.05) is 0 Å². The minimum Gasteiger partial charge on any atom is -0.300 e. The van der Waals surface area contributed by atoms with Crippen molar-refractivity contribution in [2.24, 2.45) is 16.7 Å². The summed E-state index contributed by atoms with van der Waals surface area (Å²) in [5.41, 5.74) is -3.25. The Kier molecular flexibility index (Phi) is 2.67. The molecule has 1 fully saturated rings. The highest BCUT2D eigenvalue weighted by Crippen LogP contribution is 2.60. The molecule has 1 aliphatic rings. The lowest BCUT2D eigenvalue weighted by Gasteiger charge is -2.48. The SMILES string of the molecule is CC(=O)CC1CC(C#N)(C#N)C1(C#N)C#N. The molecule has 1 atom stereocenters. The van der Waals surface area contributed by atoms with Gasteiger partial charge in [0.1, 0.15) is 5.78 Å². The van der Waals surface area contributed by atoms with E-state index in [1.54, 1.807) is 24.3 Å². The first-order valence-corrected chi connectivity index (χ1v) is 4.66. The molecule has 0 aromatic rings. The summed E-state index contributed by atoms with van der Waals surface area (Å²) in [7, 11) is 0. The molecule has 78 valence electrons. The fraction of sp³-hybridized carbons (Fsp3) is 0.545. The average Bonchev–Trinajstić information content (AvgIpc) is 2.25. The fourth-order valence-corrected chi connectivity index (χ4v) is 2.16. The third-order valence-electron chi connectivity index (χ3n) is 3.11. The molecule has 16 heavy (non-hydrogen) atoms. The molecule has 0 aromatic carbocycles. The van der Waals surface area contributed by atoms with Crippen LogP contribution in [0.5, 0.6) is 0 Å². The third kappa shape index (κ3) is 1.16. The second kappa shape index (κ2) is 3.65. The lowest BCUT2D eigenvalue weighted by Crippen LogP contribution is -2.56. The lowest BCUT2D eigenvalue weighted by atomic mass is 9.45. The van der Waals surface area contributed by atoms with Gasteiger partial charge in [0.25, 0.3) is 0 Å². The van der Waals surface area contributed by atoms with Crippen LogP contribution in [0, 0.1) is 62.1 Å². The van der Waals surface area contributed by atoms with Gasteiger partial charge in [-0.3, -0.25) is 0 Å². The number of ketones is 1. The van der Waals surface area contributed by atoms with E-state index in [0.717, 1.165) is 0 Å². The fourth-order valence-electron chi connectivity index (χ4n) is 2.16. The summed E-state index contributed by atoms with van der Waals surface area (Å²) in [6, 6.07) is 7.00. The van der Waals surface area contributed by atoms with Crippen LogP contribution in [-0.2, 0) is 4.79 Å². The normalized spacial score (nSPS) is 23.7. The predicted octanol–water partition coefficient (Wildman–Crippen LogP) is 1.05. The van der Waals surface area contributed by atoms with Crippen molar-refractivity contribution >= 4 is 5.78 Å². The molecule has 0 spiro atoms. The largest absolute Gasteiger partial charge is 0.300 e. The Bertz CT molecular complexity index is 466. The summed E-state index contributed by atoms with van der Waals surface area (Å²) in [4.78, 5) is 11.0. The highest BCUT2D eigenvalue weighted by molar-refractivity contribution is 5.76. The summed E-state index contributed by atoms with van der Waals surface area (Å²) < 4.78 is 0. The molecule has 5 heteroatoms. The second-order valence-corrected chi connectivity index (χ2v) is 3.97. The van der Waals surface area contributed by atoms with Crippen LogP contribution in [0.2, 0.25) is 0 Å². The first kappa shape index (κ1) is 11.7. The van der Waals surface area contributed by atoms with Crippen LogP contribution in [0.3, 0.4) is 0 Å². The Morgan fingerprint density at radius 1 is 1.19 bits per heavy atom. The molecule has 0 amide bonds. The van der Waals surface area contributed by atoms with Gasteiger partial charge in [-0.2, -0.15) is 21.0 Å². The molecule has 0 aromatic heterocycles. The Hall–Kier alpha value is -2.37. The van der Waals surface area contributed by atoms with Gasteiger partial charge in [-0.05, 0) is 13.3 Å². The van der Waals surface area contributed by atoms with Crippen molar-refractivity contribution in [1.82, 2.24) is 0 Å².